The van der Waals surface area contributed by atoms with Gasteiger partial charge in [-0.2, -0.15) is 10.2 Å². The number of hydrazone groups is 2. The van der Waals surface area contributed by atoms with E-state index in [0.717, 1.165) is 0 Å². The van der Waals surface area contributed by atoms with Gasteiger partial charge < -0.3 is 14.2 Å². The highest BCUT2D eigenvalue weighted by Crippen LogP contribution is 2.04. The van der Waals surface area contributed by atoms with Crippen LogP contribution in [-0.4, -0.2) is 63.6 Å². The van der Waals surface area contributed by atoms with Crippen molar-refractivity contribution in [3.05, 3.63) is 70.8 Å². The summed E-state index contributed by atoms with van der Waals surface area (Å²) >= 11 is 0. The Hall–Kier alpha value is -4.38. The number of rotatable bonds is 10. The largest absolute Gasteiger partial charge is 0.465 e. The number of carbonyl (C=O) groups is 4. The van der Waals surface area contributed by atoms with Crippen molar-refractivity contribution in [2.45, 2.75) is 0 Å². The fourth-order valence-electron chi connectivity index (χ4n) is 2.30. The van der Waals surface area contributed by atoms with E-state index >= 15 is 0 Å². The minimum atomic E-state index is -0.556. The van der Waals surface area contributed by atoms with Crippen molar-refractivity contribution < 1.29 is 33.4 Å². The zero-order valence-corrected chi connectivity index (χ0v) is 17.9. The molecular weight excluding hydrogens is 432 g/mol. The van der Waals surface area contributed by atoms with Crippen LogP contribution in [0.15, 0.2) is 58.7 Å². The summed E-state index contributed by atoms with van der Waals surface area (Å²) in [7, 11) is 2.59. The van der Waals surface area contributed by atoms with Gasteiger partial charge in [0.15, 0.2) is 0 Å². The maximum atomic E-state index is 11.7. The third-order valence-corrected chi connectivity index (χ3v) is 3.94. The predicted molar refractivity (Wildman–Crippen MR) is 118 cm³/mol. The van der Waals surface area contributed by atoms with Crippen LogP contribution in [0, 0.1) is 0 Å². The fourth-order valence-corrected chi connectivity index (χ4v) is 2.30. The van der Waals surface area contributed by atoms with Gasteiger partial charge in [-0.15, -0.1) is 0 Å². The van der Waals surface area contributed by atoms with E-state index in [9.17, 15) is 19.2 Å². The van der Waals surface area contributed by atoms with Crippen LogP contribution in [0.4, 0.5) is 0 Å². The second kappa shape index (κ2) is 13.1. The number of nitrogens with one attached hydrogen (secondary N) is 2. The lowest BCUT2D eigenvalue weighted by molar-refractivity contribution is -0.130. The van der Waals surface area contributed by atoms with Gasteiger partial charge in [0.25, 0.3) is 11.8 Å². The number of carbonyl (C=O) groups excluding carboxylic acids is 4. The molecule has 0 heterocycles. The van der Waals surface area contributed by atoms with Crippen LogP contribution in [0.1, 0.15) is 31.8 Å². The third kappa shape index (κ3) is 8.71. The number of hydrogen-bond acceptors (Lipinski definition) is 9. The summed E-state index contributed by atoms with van der Waals surface area (Å²) in [6.07, 6.45) is 2.77. The van der Waals surface area contributed by atoms with E-state index in [2.05, 4.69) is 30.5 Å². The molecule has 0 saturated carbocycles. The molecule has 2 aromatic rings. The molecule has 0 fully saturated rings. The van der Waals surface area contributed by atoms with Gasteiger partial charge in [0.1, 0.15) is 13.2 Å². The number of esters is 2. The Balaban J connectivity index is 1.65. The molecule has 11 heteroatoms. The summed E-state index contributed by atoms with van der Waals surface area (Å²) < 4.78 is 14.2. The standard InChI is InChI=1S/C22H22N4O7/c1-31-21(29)17-7-3-15(4-8-17)11-23-25-19(27)13-33-14-20(28)26-24-12-16-5-9-18(10-6-16)22(30)32-2/h3-12H,13-14H2,1-2H3,(H,25,27)(H,26,28). The Bertz CT molecular complexity index is 948. The Labute approximate surface area is 189 Å². The topological polar surface area (TPSA) is 145 Å². The normalized spacial score (nSPS) is 10.7. The van der Waals surface area contributed by atoms with Gasteiger partial charge in [-0.05, 0) is 35.4 Å². The van der Waals surface area contributed by atoms with E-state index in [0.29, 0.717) is 22.3 Å². The first-order valence-electron chi connectivity index (χ1n) is 9.51. The quantitative estimate of drug-likeness (QED) is 0.308. The molecule has 0 spiro atoms. The van der Waals surface area contributed by atoms with Gasteiger partial charge in [-0.25, -0.2) is 20.4 Å². The molecule has 0 aromatic heterocycles. The SMILES string of the molecule is COC(=O)c1ccc(C=NNC(=O)COCC(=O)NN=Cc2ccc(C(=O)OC)cc2)cc1. The van der Waals surface area contributed by atoms with Crippen molar-refractivity contribution in [2.75, 3.05) is 27.4 Å². The van der Waals surface area contributed by atoms with Crippen molar-refractivity contribution >= 4 is 36.2 Å². The van der Waals surface area contributed by atoms with E-state index in [1.165, 1.54) is 26.6 Å². The minimum absolute atomic E-state index is 0.384. The van der Waals surface area contributed by atoms with E-state index in [-0.39, 0.29) is 13.2 Å². The first kappa shape index (κ1) is 24.9. The number of methoxy groups -OCH3 is 2. The van der Waals surface area contributed by atoms with Crippen LogP contribution >= 0.6 is 0 Å². The summed E-state index contributed by atoms with van der Waals surface area (Å²) in [5, 5.41) is 7.53. The molecule has 172 valence electrons. The van der Waals surface area contributed by atoms with Crippen LogP contribution in [-0.2, 0) is 23.8 Å². The van der Waals surface area contributed by atoms with Crippen LogP contribution in [0.5, 0.6) is 0 Å². The van der Waals surface area contributed by atoms with E-state index in [1.807, 2.05) is 0 Å². The number of nitrogens with zero attached hydrogens (tertiary/aromatic N) is 2. The third-order valence-electron chi connectivity index (χ3n) is 3.94. The van der Waals surface area contributed by atoms with Gasteiger partial charge >= 0.3 is 11.9 Å². The molecule has 0 unspecified atom stereocenters. The molecule has 0 radical (unpaired) electrons. The Morgan fingerprint density at radius 2 is 1.06 bits per heavy atom. The zero-order chi connectivity index (χ0) is 24.1. The van der Waals surface area contributed by atoms with Gasteiger partial charge in [0.2, 0.25) is 0 Å². The highest BCUT2D eigenvalue weighted by Gasteiger charge is 2.06. The molecule has 0 atom stereocenters. The Morgan fingerprint density at radius 3 is 1.39 bits per heavy atom. The summed E-state index contributed by atoms with van der Waals surface area (Å²) in [5.74, 6) is -2.01. The van der Waals surface area contributed by atoms with Crippen molar-refractivity contribution in [3.63, 3.8) is 0 Å². The van der Waals surface area contributed by atoms with Crippen molar-refractivity contribution in [1.29, 1.82) is 0 Å². The highest BCUT2D eigenvalue weighted by atomic mass is 16.5. The van der Waals surface area contributed by atoms with Crippen molar-refractivity contribution in [3.8, 4) is 0 Å². The van der Waals surface area contributed by atoms with E-state index in [4.69, 9.17) is 4.74 Å². The van der Waals surface area contributed by atoms with Gasteiger partial charge in [-0.3, -0.25) is 9.59 Å². The molecule has 0 aliphatic carbocycles. The van der Waals surface area contributed by atoms with Crippen molar-refractivity contribution in [1.82, 2.24) is 10.9 Å². The summed E-state index contributed by atoms with van der Waals surface area (Å²) in [5.41, 5.74) is 6.61. The molecule has 33 heavy (non-hydrogen) atoms. The molecule has 0 aliphatic rings. The molecule has 0 bridgehead atoms. The minimum Gasteiger partial charge on any atom is -0.465 e. The van der Waals surface area contributed by atoms with E-state index < -0.39 is 23.8 Å². The van der Waals surface area contributed by atoms with Crippen LogP contribution in [0.25, 0.3) is 0 Å². The molecule has 2 aromatic carbocycles. The predicted octanol–water partition coefficient (Wildman–Crippen LogP) is 0.877. The van der Waals surface area contributed by atoms with E-state index in [1.54, 1.807) is 48.5 Å². The smallest absolute Gasteiger partial charge is 0.337 e. The van der Waals surface area contributed by atoms with Crippen LogP contribution < -0.4 is 10.9 Å². The zero-order valence-electron chi connectivity index (χ0n) is 17.9. The number of ether oxygens (including phenoxy) is 3. The first-order chi connectivity index (χ1) is 15.9. The van der Waals surface area contributed by atoms with Gasteiger partial charge in [0.05, 0.1) is 37.8 Å². The number of benzene rings is 2. The molecule has 2 N–H and O–H groups in total. The second-order valence-corrected chi connectivity index (χ2v) is 6.31. The molecule has 0 aliphatic heterocycles. The average molecular weight is 454 g/mol. The lowest BCUT2D eigenvalue weighted by Crippen LogP contribution is -2.28. The van der Waals surface area contributed by atoms with Crippen molar-refractivity contribution in [2.24, 2.45) is 10.2 Å². The lowest BCUT2D eigenvalue weighted by Gasteiger charge is -2.03. The molecular formula is C22H22N4O7. The molecule has 2 amide bonds. The van der Waals surface area contributed by atoms with Gasteiger partial charge in [0, 0.05) is 0 Å². The molecule has 0 saturated heterocycles. The fraction of sp³-hybridized carbons (Fsp3) is 0.182. The Morgan fingerprint density at radius 1 is 0.697 bits per heavy atom. The summed E-state index contributed by atoms with van der Waals surface area (Å²) in [6.45, 7) is -0.768. The number of hydrogen-bond donors (Lipinski definition) is 2. The number of amides is 2. The lowest BCUT2D eigenvalue weighted by atomic mass is 10.1. The molecule has 11 nitrogen and oxygen atoms in total. The van der Waals surface area contributed by atoms with Crippen LogP contribution in [0.3, 0.4) is 0 Å². The molecule has 2 rings (SSSR count). The monoisotopic (exact) mass is 454 g/mol. The maximum absolute atomic E-state index is 11.7. The summed E-state index contributed by atoms with van der Waals surface area (Å²) in [6, 6.07) is 12.8. The highest BCUT2D eigenvalue weighted by molar-refractivity contribution is 5.91. The van der Waals surface area contributed by atoms with Gasteiger partial charge in [-0.1, -0.05) is 24.3 Å². The second-order valence-electron chi connectivity index (χ2n) is 6.31. The Kier molecular flexibility index (Phi) is 9.90. The van der Waals surface area contributed by atoms with Crippen LogP contribution in [0.2, 0.25) is 0 Å². The average Bonchev–Trinajstić information content (AvgIpc) is 2.84. The summed E-state index contributed by atoms with van der Waals surface area (Å²) in [4.78, 5) is 46.1. The first-order valence-corrected chi connectivity index (χ1v) is 9.51. The maximum Gasteiger partial charge on any atom is 0.337 e.